The summed E-state index contributed by atoms with van der Waals surface area (Å²) >= 11 is 0. The lowest BCUT2D eigenvalue weighted by atomic mass is 10.1. The Hall–Kier alpha value is -1.88. The van der Waals surface area contributed by atoms with Crippen LogP contribution in [0.2, 0.25) is 0 Å². The third-order valence-electron chi connectivity index (χ3n) is 3.28. The number of ether oxygens (including phenoxy) is 1. The number of benzene rings is 1. The molecule has 0 saturated heterocycles. The van der Waals surface area contributed by atoms with Crippen LogP contribution in [0.4, 0.5) is 0 Å². The highest BCUT2D eigenvalue weighted by molar-refractivity contribution is 5.56. The molecule has 0 amide bonds. The van der Waals surface area contributed by atoms with Crippen LogP contribution in [0.25, 0.3) is 11.4 Å². The number of aromatic nitrogens is 3. The van der Waals surface area contributed by atoms with Crippen molar-refractivity contribution in [1.82, 2.24) is 14.8 Å². The number of aliphatic hydroxyl groups is 1. The van der Waals surface area contributed by atoms with E-state index >= 15 is 0 Å². The van der Waals surface area contributed by atoms with Crippen LogP contribution in [0.1, 0.15) is 24.8 Å². The quantitative estimate of drug-likeness (QED) is 0.876. The van der Waals surface area contributed by atoms with Crippen molar-refractivity contribution in [3.63, 3.8) is 0 Å². The average Bonchev–Trinajstić information content (AvgIpc) is 2.84. The first kappa shape index (κ1) is 11.2. The fourth-order valence-electron chi connectivity index (χ4n) is 2.31. The summed E-state index contributed by atoms with van der Waals surface area (Å²) in [5, 5.41) is 18.1. The summed E-state index contributed by atoms with van der Waals surface area (Å²) in [6.45, 7) is 0.862. The highest BCUT2D eigenvalue weighted by Crippen LogP contribution is 2.28. The fraction of sp³-hybridized carbons (Fsp3) is 0.385. The number of aliphatic hydroxyl groups excluding tert-OH is 1. The zero-order valence-corrected chi connectivity index (χ0v) is 10.2. The molecule has 0 spiro atoms. The second kappa shape index (κ2) is 4.42. The van der Waals surface area contributed by atoms with E-state index in [1.807, 2.05) is 28.8 Å². The van der Waals surface area contributed by atoms with Crippen LogP contribution >= 0.6 is 0 Å². The van der Waals surface area contributed by atoms with Crippen LogP contribution in [0, 0.1) is 0 Å². The molecule has 1 aromatic carbocycles. The summed E-state index contributed by atoms with van der Waals surface area (Å²) in [5.74, 6) is 2.30. The standard InChI is InChI=1S/C13H15N3O2/c1-18-10-6-4-9(5-7-10)12-14-15-13-11(17)3-2-8-16(12)13/h4-7,11,17H,2-3,8H2,1H3. The van der Waals surface area contributed by atoms with Crippen molar-refractivity contribution in [1.29, 1.82) is 0 Å². The summed E-state index contributed by atoms with van der Waals surface area (Å²) in [7, 11) is 1.64. The van der Waals surface area contributed by atoms with Gasteiger partial charge in [-0.2, -0.15) is 0 Å². The first-order valence-electron chi connectivity index (χ1n) is 6.05. The number of rotatable bonds is 2. The van der Waals surface area contributed by atoms with Gasteiger partial charge in [0.25, 0.3) is 0 Å². The van der Waals surface area contributed by atoms with E-state index in [1.165, 1.54) is 0 Å². The Kier molecular flexibility index (Phi) is 2.76. The zero-order chi connectivity index (χ0) is 12.5. The van der Waals surface area contributed by atoms with Gasteiger partial charge in [-0.05, 0) is 37.1 Å². The van der Waals surface area contributed by atoms with Crippen LogP contribution in [0.3, 0.4) is 0 Å². The van der Waals surface area contributed by atoms with Gasteiger partial charge in [-0.25, -0.2) is 0 Å². The van der Waals surface area contributed by atoms with E-state index in [4.69, 9.17) is 4.74 Å². The second-order valence-corrected chi connectivity index (χ2v) is 4.42. The summed E-state index contributed by atoms with van der Waals surface area (Å²) < 4.78 is 7.13. The maximum Gasteiger partial charge on any atom is 0.164 e. The number of methoxy groups -OCH3 is 1. The normalized spacial score (nSPS) is 18.4. The van der Waals surface area contributed by atoms with E-state index in [2.05, 4.69) is 10.2 Å². The molecule has 1 aliphatic heterocycles. The number of fused-ring (bicyclic) bond motifs is 1. The largest absolute Gasteiger partial charge is 0.497 e. The number of nitrogens with zero attached hydrogens (tertiary/aromatic N) is 3. The molecule has 0 saturated carbocycles. The molecule has 2 aromatic rings. The molecule has 5 heteroatoms. The van der Waals surface area contributed by atoms with Crippen LogP contribution in [0.5, 0.6) is 5.75 Å². The number of hydrogen-bond acceptors (Lipinski definition) is 4. The molecule has 0 bridgehead atoms. The predicted octanol–water partition coefficient (Wildman–Crippen LogP) is 1.78. The minimum atomic E-state index is -0.488. The Bertz CT molecular complexity index is 548. The first-order valence-corrected chi connectivity index (χ1v) is 6.05. The molecule has 94 valence electrons. The highest BCUT2D eigenvalue weighted by atomic mass is 16.5. The maximum atomic E-state index is 9.86. The Morgan fingerprint density at radius 1 is 1.28 bits per heavy atom. The van der Waals surface area contributed by atoms with E-state index in [9.17, 15) is 5.11 Å². The van der Waals surface area contributed by atoms with Crippen molar-refractivity contribution >= 4 is 0 Å². The Morgan fingerprint density at radius 3 is 2.78 bits per heavy atom. The lowest BCUT2D eigenvalue weighted by molar-refractivity contribution is 0.134. The van der Waals surface area contributed by atoms with Crippen molar-refractivity contribution in [2.45, 2.75) is 25.5 Å². The molecular formula is C13H15N3O2. The molecule has 2 heterocycles. The molecule has 1 aliphatic rings. The molecule has 3 rings (SSSR count). The van der Waals surface area contributed by atoms with Crippen molar-refractivity contribution in [3.8, 4) is 17.1 Å². The van der Waals surface area contributed by atoms with Crippen LogP contribution < -0.4 is 4.74 Å². The van der Waals surface area contributed by atoms with Crippen LogP contribution in [0.15, 0.2) is 24.3 Å². The third kappa shape index (κ3) is 1.76. The summed E-state index contributed by atoms with van der Waals surface area (Å²) in [6.07, 6.45) is 1.23. The summed E-state index contributed by atoms with van der Waals surface area (Å²) in [4.78, 5) is 0. The molecule has 1 atom stereocenters. The topological polar surface area (TPSA) is 60.2 Å². The van der Waals surface area contributed by atoms with Gasteiger partial charge in [-0.15, -0.1) is 10.2 Å². The molecule has 5 nitrogen and oxygen atoms in total. The third-order valence-corrected chi connectivity index (χ3v) is 3.28. The second-order valence-electron chi connectivity index (χ2n) is 4.42. The Labute approximate surface area is 105 Å². The van der Waals surface area contributed by atoms with Gasteiger partial charge in [-0.1, -0.05) is 0 Å². The lowest BCUT2D eigenvalue weighted by Crippen LogP contribution is -2.16. The van der Waals surface area contributed by atoms with Gasteiger partial charge in [0, 0.05) is 12.1 Å². The van der Waals surface area contributed by atoms with Gasteiger partial charge in [0.1, 0.15) is 11.9 Å². The molecule has 0 radical (unpaired) electrons. The van der Waals surface area contributed by atoms with Crippen molar-refractivity contribution in [2.75, 3.05) is 7.11 Å². The van der Waals surface area contributed by atoms with Crippen molar-refractivity contribution in [3.05, 3.63) is 30.1 Å². The van der Waals surface area contributed by atoms with E-state index in [0.717, 1.165) is 36.5 Å². The van der Waals surface area contributed by atoms with Gasteiger partial charge in [0.15, 0.2) is 11.6 Å². The average molecular weight is 245 g/mol. The van der Waals surface area contributed by atoms with Gasteiger partial charge < -0.3 is 14.4 Å². The van der Waals surface area contributed by atoms with Crippen molar-refractivity contribution < 1.29 is 9.84 Å². The van der Waals surface area contributed by atoms with E-state index in [-0.39, 0.29) is 0 Å². The Balaban J connectivity index is 2.01. The summed E-state index contributed by atoms with van der Waals surface area (Å²) in [5.41, 5.74) is 0.989. The lowest BCUT2D eigenvalue weighted by Gasteiger charge is -2.19. The molecule has 1 unspecified atom stereocenters. The smallest absolute Gasteiger partial charge is 0.164 e. The molecule has 0 fully saturated rings. The van der Waals surface area contributed by atoms with Crippen LogP contribution in [-0.4, -0.2) is 27.0 Å². The minimum Gasteiger partial charge on any atom is -0.497 e. The Morgan fingerprint density at radius 2 is 2.06 bits per heavy atom. The molecule has 18 heavy (non-hydrogen) atoms. The molecule has 1 N–H and O–H groups in total. The highest BCUT2D eigenvalue weighted by Gasteiger charge is 2.23. The zero-order valence-electron chi connectivity index (χ0n) is 10.2. The van der Waals surface area contributed by atoms with Gasteiger partial charge >= 0.3 is 0 Å². The predicted molar refractivity (Wildman–Crippen MR) is 66.2 cm³/mol. The van der Waals surface area contributed by atoms with Crippen LogP contribution in [-0.2, 0) is 6.54 Å². The van der Waals surface area contributed by atoms with E-state index in [0.29, 0.717) is 5.82 Å². The van der Waals surface area contributed by atoms with Gasteiger partial charge in [0.05, 0.1) is 7.11 Å². The van der Waals surface area contributed by atoms with E-state index in [1.54, 1.807) is 7.11 Å². The van der Waals surface area contributed by atoms with Crippen molar-refractivity contribution in [2.24, 2.45) is 0 Å². The van der Waals surface area contributed by atoms with Gasteiger partial charge in [0.2, 0.25) is 0 Å². The summed E-state index contributed by atoms with van der Waals surface area (Å²) in [6, 6.07) is 7.71. The SMILES string of the molecule is COc1ccc(-c2nnc3n2CCCC3O)cc1. The monoisotopic (exact) mass is 245 g/mol. The fourth-order valence-corrected chi connectivity index (χ4v) is 2.31. The number of hydrogen-bond donors (Lipinski definition) is 1. The molecular weight excluding hydrogens is 230 g/mol. The minimum absolute atomic E-state index is 0.488. The van der Waals surface area contributed by atoms with Gasteiger partial charge in [-0.3, -0.25) is 0 Å². The van der Waals surface area contributed by atoms with E-state index < -0.39 is 6.10 Å². The molecule has 1 aromatic heterocycles. The molecule has 0 aliphatic carbocycles. The maximum absolute atomic E-state index is 9.86. The first-order chi connectivity index (χ1) is 8.79.